The summed E-state index contributed by atoms with van der Waals surface area (Å²) in [5.74, 6) is 1.66. The van der Waals surface area contributed by atoms with Gasteiger partial charge in [0, 0.05) is 17.9 Å². The molecule has 4 heterocycles. The van der Waals surface area contributed by atoms with Gasteiger partial charge in [-0.3, -0.25) is 4.57 Å². The molecule has 0 bridgehead atoms. The van der Waals surface area contributed by atoms with Gasteiger partial charge in [0.2, 0.25) is 5.89 Å². The summed E-state index contributed by atoms with van der Waals surface area (Å²) in [5.41, 5.74) is 1.54. The van der Waals surface area contributed by atoms with Crippen LogP contribution in [0.2, 0.25) is 0 Å². The molecule has 1 aliphatic heterocycles. The predicted molar refractivity (Wildman–Crippen MR) is 114 cm³/mol. The second-order valence-corrected chi connectivity index (χ2v) is 8.86. The Morgan fingerprint density at radius 3 is 2.87 bits per heavy atom. The normalized spacial score (nSPS) is 16.4. The van der Waals surface area contributed by atoms with E-state index in [-0.39, 0.29) is 11.9 Å². The Hall–Kier alpha value is -2.49. The van der Waals surface area contributed by atoms with Crippen molar-refractivity contribution in [3.05, 3.63) is 59.6 Å². The van der Waals surface area contributed by atoms with Crippen molar-refractivity contribution < 1.29 is 13.5 Å². The molecule has 1 fully saturated rings. The zero-order valence-corrected chi connectivity index (χ0v) is 17.7. The molecule has 0 aliphatic carbocycles. The quantitative estimate of drug-likeness (QED) is 0.363. The first-order chi connectivity index (χ1) is 14.8. The van der Waals surface area contributed by atoms with Gasteiger partial charge in [-0.2, -0.15) is 0 Å². The van der Waals surface area contributed by atoms with E-state index < -0.39 is 0 Å². The summed E-state index contributed by atoms with van der Waals surface area (Å²) >= 11 is 3.22. The molecule has 4 aromatic rings. The van der Waals surface area contributed by atoms with Gasteiger partial charge >= 0.3 is 0 Å². The van der Waals surface area contributed by atoms with Gasteiger partial charge in [0.15, 0.2) is 11.0 Å². The highest BCUT2D eigenvalue weighted by Gasteiger charge is 2.22. The standard InChI is InChI=1S/C21H19FN4O2S2/c22-15-7-5-14(6-8-15)20-23-16(12-28-20)13-30-21-25-24-19(18-4-2-10-29-18)26(21)11-17-3-1-9-27-17/h2,4-8,10,12,17H,1,3,9,11,13H2. The molecular weight excluding hydrogens is 423 g/mol. The van der Waals surface area contributed by atoms with E-state index in [2.05, 4.69) is 25.8 Å². The van der Waals surface area contributed by atoms with Gasteiger partial charge in [0.1, 0.15) is 12.1 Å². The number of halogens is 1. The van der Waals surface area contributed by atoms with Crippen molar-refractivity contribution in [2.45, 2.75) is 36.4 Å². The number of thioether (sulfide) groups is 1. The van der Waals surface area contributed by atoms with Crippen molar-refractivity contribution in [3.63, 3.8) is 0 Å². The zero-order chi connectivity index (χ0) is 20.3. The second-order valence-electron chi connectivity index (χ2n) is 6.97. The molecule has 30 heavy (non-hydrogen) atoms. The van der Waals surface area contributed by atoms with Crippen LogP contribution in [0.4, 0.5) is 4.39 Å². The molecule has 1 aromatic carbocycles. The fourth-order valence-corrected chi connectivity index (χ4v) is 4.92. The van der Waals surface area contributed by atoms with E-state index in [1.54, 1.807) is 41.5 Å². The molecule has 154 valence electrons. The zero-order valence-electron chi connectivity index (χ0n) is 16.0. The molecule has 0 N–H and O–H groups in total. The third kappa shape index (κ3) is 4.19. The Balaban J connectivity index is 1.34. The lowest BCUT2D eigenvalue weighted by Crippen LogP contribution is -2.16. The Labute approximate surface area is 181 Å². The molecule has 0 amide bonds. The summed E-state index contributed by atoms with van der Waals surface area (Å²) in [4.78, 5) is 5.62. The largest absolute Gasteiger partial charge is 0.444 e. The average Bonchev–Trinajstić information content (AvgIpc) is 3.55. The van der Waals surface area contributed by atoms with Crippen molar-refractivity contribution in [2.75, 3.05) is 6.61 Å². The van der Waals surface area contributed by atoms with Gasteiger partial charge in [-0.25, -0.2) is 9.37 Å². The topological polar surface area (TPSA) is 66.0 Å². The number of aromatic nitrogens is 4. The molecule has 1 atom stereocenters. The van der Waals surface area contributed by atoms with E-state index in [4.69, 9.17) is 9.15 Å². The maximum atomic E-state index is 13.1. The first-order valence-electron chi connectivity index (χ1n) is 9.68. The highest BCUT2D eigenvalue weighted by Crippen LogP contribution is 2.31. The van der Waals surface area contributed by atoms with Crippen LogP contribution in [0.25, 0.3) is 22.2 Å². The molecule has 6 nitrogen and oxygen atoms in total. The van der Waals surface area contributed by atoms with Crippen LogP contribution >= 0.6 is 23.1 Å². The third-order valence-electron chi connectivity index (χ3n) is 4.86. The molecule has 0 radical (unpaired) electrons. The van der Waals surface area contributed by atoms with Crippen molar-refractivity contribution in [1.82, 2.24) is 19.7 Å². The number of thiophene rings is 1. The first-order valence-corrected chi connectivity index (χ1v) is 11.5. The van der Waals surface area contributed by atoms with Crippen molar-refractivity contribution in [1.29, 1.82) is 0 Å². The maximum Gasteiger partial charge on any atom is 0.226 e. The van der Waals surface area contributed by atoms with Crippen LogP contribution in [0.5, 0.6) is 0 Å². The molecule has 0 spiro atoms. The van der Waals surface area contributed by atoms with Gasteiger partial charge in [-0.15, -0.1) is 21.5 Å². The van der Waals surface area contributed by atoms with Gasteiger partial charge < -0.3 is 9.15 Å². The van der Waals surface area contributed by atoms with Crippen LogP contribution in [0.15, 0.2) is 57.6 Å². The summed E-state index contributed by atoms with van der Waals surface area (Å²) in [6, 6.07) is 10.2. The summed E-state index contributed by atoms with van der Waals surface area (Å²) in [6.07, 6.45) is 3.97. The fraction of sp³-hybridized carbons (Fsp3) is 0.286. The van der Waals surface area contributed by atoms with Gasteiger partial charge in [0.05, 0.1) is 23.2 Å². The Bertz CT molecular complexity index is 1100. The molecule has 1 aliphatic rings. The number of rotatable bonds is 7. The van der Waals surface area contributed by atoms with Gasteiger partial charge in [0.25, 0.3) is 0 Å². The summed E-state index contributed by atoms with van der Waals surface area (Å²) in [6.45, 7) is 1.55. The minimum Gasteiger partial charge on any atom is -0.444 e. The summed E-state index contributed by atoms with van der Waals surface area (Å²) < 4.78 is 26.7. The molecule has 1 unspecified atom stereocenters. The lowest BCUT2D eigenvalue weighted by atomic mass is 10.2. The smallest absolute Gasteiger partial charge is 0.226 e. The summed E-state index contributed by atoms with van der Waals surface area (Å²) in [5, 5.41) is 11.7. The van der Waals surface area contributed by atoms with Gasteiger partial charge in [-0.1, -0.05) is 17.8 Å². The highest BCUT2D eigenvalue weighted by molar-refractivity contribution is 7.98. The van der Waals surface area contributed by atoms with Crippen LogP contribution in [-0.2, 0) is 17.0 Å². The van der Waals surface area contributed by atoms with Crippen LogP contribution in [0.1, 0.15) is 18.5 Å². The molecule has 1 saturated heterocycles. The van der Waals surface area contributed by atoms with Crippen LogP contribution < -0.4 is 0 Å². The van der Waals surface area contributed by atoms with Crippen LogP contribution in [-0.4, -0.2) is 32.5 Å². The molecule has 0 saturated carbocycles. The van der Waals surface area contributed by atoms with Gasteiger partial charge in [-0.05, 0) is 48.6 Å². The molecule has 9 heteroatoms. The van der Waals surface area contributed by atoms with E-state index in [1.165, 1.54) is 12.1 Å². The Morgan fingerprint density at radius 2 is 2.10 bits per heavy atom. The SMILES string of the molecule is Fc1ccc(-c2nc(CSc3nnc(-c4cccs4)n3CC3CCCO3)co2)cc1. The van der Waals surface area contributed by atoms with E-state index in [0.717, 1.165) is 53.1 Å². The Kier molecular flexibility index (Phi) is 5.65. The number of oxazole rings is 1. The van der Waals surface area contributed by atoms with E-state index >= 15 is 0 Å². The number of benzene rings is 1. The van der Waals surface area contributed by atoms with E-state index in [0.29, 0.717) is 11.6 Å². The predicted octanol–water partition coefficient (Wildman–Crippen LogP) is 5.27. The highest BCUT2D eigenvalue weighted by atomic mass is 32.2. The second kappa shape index (κ2) is 8.71. The lowest BCUT2D eigenvalue weighted by Gasteiger charge is -2.13. The van der Waals surface area contributed by atoms with E-state index in [1.807, 2.05) is 11.4 Å². The minimum atomic E-state index is -0.284. The monoisotopic (exact) mass is 442 g/mol. The number of ether oxygens (including phenoxy) is 1. The molecular formula is C21H19FN4O2S2. The number of nitrogens with zero attached hydrogens (tertiary/aromatic N) is 4. The van der Waals surface area contributed by atoms with Crippen LogP contribution in [0, 0.1) is 5.82 Å². The van der Waals surface area contributed by atoms with Crippen LogP contribution in [0.3, 0.4) is 0 Å². The van der Waals surface area contributed by atoms with Crippen molar-refractivity contribution in [3.8, 4) is 22.2 Å². The third-order valence-corrected chi connectivity index (χ3v) is 6.73. The van der Waals surface area contributed by atoms with Crippen molar-refractivity contribution >= 4 is 23.1 Å². The minimum absolute atomic E-state index is 0.191. The lowest BCUT2D eigenvalue weighted by molar-refractivity contribution is 0.0953. The molecule has 3 aromatic heterocycles. The number of hydrogen-bond donors (Lipinski definition) is 0. The Morgan fingerprint density at radius 1 is 1.20 bits per heavy atom. The average molecular weight is 443 g/mol. The first kappa shape index (κ1) is 19.5. The summed E-state index contributed by atoms with van der Waals surface area (Å²) in [7, 11) is 0. The maximum absolute atomic E-state index is 13.1. The fourth-order valence-electron chi connectivity index (χ4n) is 3.38. The number of hydrogen-bond acceptors (Lipinski definition) is 7. The molecule has 5 rings (SSSR count). The van der Waals surface area contributed by atoms with Crippen molar-refractivity contribution in [2.24, 2.45) is 0 Å². The van der Waals surface area contributed by atoms with E-state index in [9.17, 15) is 4.39 Å².